The summed E-state index contributed by atoms with van der Waals surface area (Å²) in [4.78, 5) is 0. The first kappa shape index (κ1) is 11.2. The van der Waals surface area contributed by atoms with Gasteiger partial charge < -0.3 is 0 Å². The quantitative estimate of drug-likeness (QED) is 0.603. The summed E-state index contributed by atoms with van der Waals surface area (Å²) in [6, 6.07) is 0. The molecule has 0 bridgehead atoms. The van der Waals surface area contributed by atoms with Crippen molar-refractivity contribution in [2.45, 2.75) is 62.9 Å². The Morgan fingerprint density at radius 3 is 2.46 bits per heavy atom. The van der Waals surface area contributed by atoms with E-state index >= 15 is 0 Å². The van der Waals surface area contributed by atoms with E-state index in [2.05, 4.69) is 44.7 Å². The van der Waals surface area contributed by atoms with E-state index in [-0.39, 0.29) is 0 Å². The van der Waals surface area contributed by atoms with Crippen molar-refractivity contribution >= 4 is 11.8 Å². The first-order chi connectivity index (χ1) is 6.20. The summed E-state index contributed by atoms with van der Waals surface area (Å²) in [6.45, 7) is 7.04. The van der Waals surface area contributed by atoms with Crippen LogP contribution in [0, 0.1) is 0 Å². The van der Waals surface area contributed by atoms with Crippen LogP contribution in [-0.2, 0) is 0 Å². The highest BCUT2D eigenvalue weighted by Gasteiger charge is 2.25. The van der Waals surface area contributed by atoms with Crippen LogP contribution < -0.4 is 0 Å². The minimum atomic E-state index is 0.524. The maximum Gasteiger partial charge on any atom is 0.0129 e. The van der Waals surface area contributed by atoms with Gasteiger partial charge in [-0.15, -0.1) is 0 Å². The SMILES string of the molecule is CCC(C)(CC)SC1CC=CCC1. The lowest BCUT2D eigenvalue weighted by molar-refractivity contribution is 0.590. The molecule has 76 valence electrons. The van der Waals surface area contributed by atoms with Crippen molar-refractivity contribution in [3.8, 4) is 0 Å². The van der Waals surface area contributed by atoms with E-state index in [9.17, 15) is 0 Å². The van der Waals surface area contributed by atoms with E-state index in [4.69, 9.17) is 0 Å². The standard InChI is InChI=1S/C12H22S/c1-4-12(3,5-2)13-11-9-7-6-8-10-11/h6-7,11H,4-5,8-10H2,1-3H3. The summed E-state index contributed by atoms with van der Waals surface area (Å²) in [7, 11) is 0. The van der Waals surface area contributed by atoms with Crippen LogP contribution in [0.4, 0.5) is 0 Å². The van der Waals surface area contributed by atoms with Crippen molar-refractivity contribution in [2.24, 2.45) is 0 Å². The van der Waals surface area contributed by atoms with Crippen LogP contribution in [0.15, 0.2) is 12.2 Å². The van der Waals surface area contributed by atoms with Crippen LogP contribution in [0.5, 0.6) is 0 Å². The summed E-state index contributed by atoms with van der Waals surface area (Å²) >= 11 is 2.22. The van der Waals surface area contributed by atoms with Gasteiger partial charge in [-0.3, -0.25) is 0 Å². The van der Waals surface area contributed by atoms with E-state index in [1.54, 1.807) is 0 Å². The van der Waals surface area contributed by atoms with Crippen molar-refractivity contribution < 1.29 is 0 Å². The minimum Gasteiger partial charge on any atom is -0.152 e. The van der Waals surface area contributed by atoms with Crippen molar-refractivity contribution in [1.82, 2.24) is 0 Å². The maximum absolute atomic E-state index is 2.41. The van der Waals surface area contributed by atoms with Crippen molar-refractivity contribution in [1.29, 1.82) is 0 Å². The van der Waals surface area contributed by atoms with Gasteiger partial charge in [-0.25, -0.2) is 0 Å². The minimum absolute atomic E-state index is 0.524. The molecule has 0 aromatic heterocycles. The average Bonchev–Trinajstić information content (AvgIpc) is 2.19. The molecule has 0 saturated carbocycles. The van der Waals surface area contributed by atoms with E-state index in [1.165, 1.54) is 32.1 Å². The first-order valence-corrected chi connectivity index (χ1v) is 6.41. The van der Waals surface area contributed by atoms with E-state index in [1.807, 2.05) is 0 Å². The summed E-state index contributed by atoms with van der Waals surface area (Å²) in [5.41, 5.74) is 0. The topological polar surface area (TPSA) is 0 Å². The molecule has 0 aromatic rings. The predicted molar refractivity (Wildman–Crippen MR) is 63.4 cm³/mol. The van der Waals surface area contributed by atoms with Gasteiger partial charge in [0.15, 0.2) is 0 Å². The maximum atomic E-state index is 2.41. The number of allylic oxidation sites excluding steroid dienone is 2. The Hall–Kier alpha value is 0.0900. The zero-order valence-electron chi connectivity index (χ0n) is 9.18. The molecule has 0 nitrogen and oxygen atoms in total. The second kappa shape index (κ2) is 5.09. The van der Waals surface area contributed by atoms with Crippen molar-refractivity contribution in [2.75, 3.05) is 0 Å². The number of hydrogen-bond acceptors (Lipinski definition) is 1. The fourth-order valence-corrected chi connectivity index (χ4v) is 3.29. The van der Waals surface area contributed by atoms with Crippen LogP contribution in [0.1, 0.15) is 52.9 Å². The highest BCUT2D eigenvalue weighted by atomic mass is 32.2. The van der Waals surface area contributed by atoms with Gasteiger partial charge in [0, 0.05) is 10.00 Å². The summed E-state index contributed by atoms with van der Waals surface area (Å²) < 4.78 is 0.524. The first-order valence-electron chi connectivity index (χ1n) is 5.53. The van der Waals surface area contributed by atoms with Crippen LogP contribution in [0.25, 0.3) is 0 Å². The Morgan fingerprint density at radius 1 is 1.31 bits per heavy atom. The second-order valence-corrected chi connectivity index (χ2v) is 6.07. The van der Waals surface area contributed by atoms with Crippen LogP contribution in [0.3, 0.4) is 0 Å². The molecule has 0 aliphatic heterocycles. The Bertz CT molecular complexity index is 168. The average molecular weight is 198 g/mol. The number of hydrogen-bond donors (Lipinski definition) is 0. The molecule has 1 aliphatic carbocycles. The molecule has 0 amide bonds. The molecule has 0 N–H and O–H groups in total. The highest BCUT2D eigenvalue weighted by molar-refractivity contribution is 8.01. The van der Waals surface area contributed by atoms with Gasteiger partial charge in [0.2, 0.25) is 0 Å². The second-order valence-electron chi connectivity index (χ2n) is 4.18. The monoisotopic (exact) mass is 198 g/mol. The fraction of sp³-hybridized carbons (Fsp3) is 0.833. The van der Waals surface area contributed by atoms with E-state index < -0.39 is 0 Å². The zero-order valence-corrected chi connectivity index (χ0v) is 9.99. The molecule has 0 fully saturated rings. The van der Waals surface area contributed by atoms with Crippen LogP contribution in [0.2, 0.25) is 0 Å². The predicted octanol–water partition coefficient (Wildman–Crippen LogP) is 4.41. The molecular weight excluding hydrogens is 176 g/mol. The lowest BCUT2D eigenvalue weighted by Gasteiger charge is -2.31. The van der Waals surface area contributed by atoms with Crippen molar-refractivity contribution in [3.63, 3.8) is 0 Å². The number of thioether (sulfide) groups is 1. The normalized spacial score (nSPS) is 23.5. The molecule has 0 radical (unpaired) electrons. The largest absolute Gasteiger partial charge is 0.152 e. The Balaban J connectivity index is 2.41. The molecule has 0 heterocycles. The fourth-order valence-electron chi connectivity index (χ4n) is 1.69. The number of rotatable bonds is 4. The smallest absolute Gasteiger partial charge is 0.0129 e. The van der Waals surface area contributed by atoms with Gasteiger partial charge in [0.25, 0.3) is 0 Å². The van der Waals surface area contributed by atoms with Gasteiger partial charge in [0.1, 0.15) is 0 Å². The molecule has 1 rings (SSSR count). The van der Waals surface area contributed by atoms with Gasteiger partial charge in [-0.1, -0.05) is 32.9 Å². The lowest BCUT2D eigenvalue weighted by Crippen LogP contribution is -2.22. The Labute approximate surface area is 87.2 Å². The third kappa shape index (κ3) is 3.38. The molecular formula is C12H22S. The highest BCUT2D eigenvalue weighted by Crippen LogP contribution is 2.39. The van der Waals surface area contributed by atoms with Gasteiger partial charge in [0.05, 0.1) is 0 Å². The summed E-state index contributed by atoms with van der Waals surface area (Å²) in [5, 5.41) is 0.884. The Kier molecular flexibility index (Phi) is 4.37. The van der Waals surface area contributed by atoms with Crippen LogP contribution >= 0.6 is 11.8 Å². The molecule has 1 unspecified atom stereocenters. The zero-order chi connectivity index (χ0) is 9.73. The van der Waals surface area contributed by atoms with Gasteiger partial charge >= 0.3 is 0 Å². The molecule has 0 spiro atoms. The third-order valence-electron chi connectivity index (χ3n) is 3.17. The molecule has 0 saturated heterocycles. The van der Waals surface area contributed by atoms with Crippen LogP contribution in [-0.4, -0.2) is 10.00 Å². The van der Waals surface area contributed by atoms with Crippen molar-refractivity contribution in [3.05, 3.63) is 12.2 Å². The molecule has 13 heavy (non-hydrogen) atoms. The lowest BCUT2D eigenvalue weighted by atomic mass is 10.1. The molecule has 1 aliphatic rings. The Morgan fingerprint density at radius 2 is 2.00 bits per heavy atom. The molecule has 1 atom stereocenters. The summed E-state index contributed by atoms with van der Waals surface area (Å²) in [5.74, 6) is 0. The van der Waals surface area contributed by atoms with E-state index in [0.29, 0.717) is 4.75 Å². The van der Waals surface area contributed by atoms with Gasteiger partial charge in [-0.05, 0) is 32.1 Å². The van der Waals surface area contributed by atoms with E-state index in [0.717, 1.165) is 5.25 Å². The summed E-state index contributed by atoms with van der Waals surface area (Å²) in [6.07, 6.45) is 11.3. The van der Waals surface area contributed by atoms with Gasteiger partial charge in [-0.2, -0.15) is 11.8 Å². The third-order valence-corrected chi connectivity index (χ3v) is 5.08. The molecule has 0 aromatic carbocycles. The molecule has 1 heteroatoms.